The van der Waals surface area contributed by atoms with Crippen molar-refractivity contribution in [1.82, 2.24) is 10.3 Å². The number of aromatic nitrogens is 1. The predicted molar refractivity (Wildman–Crippen MR) is 102 cm³/mol. The summed E-state index contributed by atoms with van der Waals surface area (Å²) in [4.78, 5) is 16.8. The quantitative estimate of drug-likeness (QED) is 0.669. The summed E-state index contributed by atoms with van der Waals surface area (Å²) < 4.78 is 38.3. The molecule has 0 fully saturated rings. The lowest BCUT2D eigenvalue weighted by molar-refractivity contribution is -0.137. The van der Waals surface area contributed by atoms with E-state index in [2.05, 4.69) is 15.6 Å². The molecule has 2 N–H and O–H groups in total. The number of amides is 1. The number of carbonyl (C=O) groups excluding carboxylic acids is 1. The van der Waals surface area contributed by atoms with Gasteiger partial charge in [-0.2, -0.15) is 13.2 Å². The van der Waals surface area contributed by atoms with Crippen LogP contribution in [0.25, 0.3) is 0 Å². The van der Waals surface area contributed by atoms with Crippen LogP contribution in [0.4, 0.5) is 18.9 Å². The monoisotopic (exact) mass is 419 g/mol. The highest BCUT2D eigenvalue weighted by Gasteiger charge is 2.31. The Bertz CT molecular complexity index is 792. The largest absolute Gasteiger partial charge is 0.416 e. The number of alkyl halides is 3. The number of benzene rings is 1. The standard InChI is InChI=1S/C18H21ClF3N3OS/c1-10(2)16(17(26)23-7-6-15-24-11(3)9-27-15)25-14-5-4-12(8-13(14)19)18(20,21)22/h4-5,8-10,16,25H,6-7H2,1-3H3,(H,23,26)/t16-/m0/s1. The number of anilines is 1. The van der Waals surface area contributed by atoms with E-state index in [-0.39, 0.29) is 22.5 Å². The third-order valence-corrected chi connectivity index (χ3v) is 5.20. The first kappa shape index (κ1) is 21.5. The number of nitrogens with one attached hydrogen (secondary N) is 2. The van der Waals surface area contributed by atoms with Crippen molar-refractivity contribution in [3.05, 3.63) is 44.9 Å². The van der Waals surface area contributed by atoms with Gasteiger partial charge in [0.1, 0.15) is 6.04 Å². The number of hydrogen-bond acceptors (Lipinski definition) is 4. The Labute approximate surface area is 165 Å². The van der Waals surface area contributed by atoms with Crippen molar-refractivity contribution in [2.24, 2.45) is 5.92 Å². The SMILES string of the molecule is Cc1csc(CCNC(=O)[C@@H](Nc2ccc(C(F)(F)F)cc2Cl)C(C)C)n1. The molecule has 0 spiro atoms. The smallest absolute Gasteiger partial charge is 0.372 e. The van der Waals surface area contributed by atoms with Gasteiger partial charge in [-0.1, -0.05) is 25.4 Å². The number of halogens is 4. The average molecular weight is 420 g/mol. The molecule has 27 heavy (non-hydrogen) atoms. The minimum Gasteiger partial charge on any atom is -0.372 e. The molecule has 0 unspecified atom stereocenters. The van der Waals surface area contributed by atoms with Crippen LogP contribution >= 0.6 is 22.9 Å². The average Bonchev–Trinajstić information content (AvgIpc) is 2.97. The Morgan fingerprint density at radius 2 is 2.04 bits per heavy atom. The Balaban J connectivity index is 2.01. The number of hydrogen-bond donors (Lipinski definition) is 2. The van der Waals surface area contributed by atoms with Crippen LogP contribution in [0.3, 0.4) is 0 Å². The lowest BCUT2D eigenvalue weighted by atomic mass is 10.0. The van der Waals surface area contributed by atoms with Gasteiger partial charge in [-0.3, -0.25) is 4.79 Å². The molecule has 1 aromatic heterocycles. The molecule has 0 bridgehead atoms. The van der Waals surface area contributed by atoms with Gasteiger partial charge in [-0.25, -0.2) is 4.98 Å². The summed E-state index contributed by atoms with van der Waals surface area (Å²) in [5.41, 5.74) is 0.399. The van der Waals surface area contributed by atoms with E-state index >= 15 is 0 Å². The van der Waals surface area contributed by atoms with Crippen LogP contribution in [-0.4, -0.2) is 23.5 Å². The first-order valence-electron chi connectivity index (χ1n) is 8.40. The van der Waals surface area contributed by atoms with Gasteiger partial charge in [0.15, 0.2) is 0 Å². The molecule has 148 valence electrons. The summed E-state index contributed by atoms with van der Waals surface area (Å²) in [6, 6.07) is 2.40. The number of aryl methyl sites for hydroxylation is 1. The maximum absolute atomic E-state index is 12.8. The zero-order chi connectivity index (χ0) is 20.2. The molecule has 0 radical (unpaired) electrons. The second kappa shape index (κ2) is 8.93. The summed E-state index contributed by atoms with van der Waals surface area (Å²) in [5.74, 6) is -0.334. The van der Waals surface area contributed by atoms with Crippen molar-refractivity contribution in [1.29, 1.82) is 0 Å². The van der Waals surface area contributed by atoms with E-state index in [0.29, 0.717) is 13.0 Å². The van der Waals surface area contributed by atoms with Crippen LogP contribution in [0.2, 0.25) is 5.02 Å². The predicted octanol–water partition coefficient (Wildman–Crippen LogP) is 4.92. The van der Waals surface area contributed by atoms with E-state index in [1.165, 1.54) is 17.4 Å². The van der Waals surface area contributed by atoms with Crippen molar-refractivity contribution in [3.8, 4) is 0 Å². The molecule has 0 saturated heterocycles. The van der Waals surface area contributed by atoms with Gasteiger partial charge in [0.2, 0.25) is 5.91 Å². The number of carbonyl (C=O) groups is 1. The van der Waals surface area contributed by atoms with Crippen LogP contribution in [-0.2, 0) is 17.4 Å². The molecule has 0 aliphatic carbocycles. The second-order valence-electron chi connectivity index (χ2n) is 6.48. The van der Waals surface area contributed by atoms with Crippen LogP contribution in [0.1, 0.15) is 30.1 Å². The van der Waals surface area contributed by atoms with Crippen molar-refractivity contribution in [2.75, 3.05) is 11.9 Å². The van der Waals surface area contributed by atoms with Gasteiger partial charge >= 0.3 is 6.18 Å². The van der Waals surface area contributed by atoms with E-state index in [1.54, 1.807) is 0 Å². The van der Waals surface area contributed by atoms with Crippen LogP contribution < -0.4 is 10.6 Å². The summed E-state index contributed by atoms with van der Waals surface area (Å²) in [5, 5.41) is 8.60. The van der Waals surface area contributed by atoms with Gasteiger partial charge < -0.3 is 10.6 Å². The lowest BCUT2D eigenvalue weighted by Gasteiger charge is -2.23. The zero-order valence-corrected chi connectivity index (χ0v) is 16.7. The zero-order valence-electron chi connectivity index (χ0n) is 15.2. The molecule has 0 aliphatic heterocycles. The Hall–Kier alpha value is -1.80. The molecule has 4 nitrogen and oxygen atoms in total. The molecule has 9 heteroatoms. The Kier molecular flexibility index (Phi) is 7.11. The summed E-state index contributed by atoms with van der Waals surface area (Å²) >= 11 is 7.51. The fraction of sp³-hybridized carbons (Fsp3) is 0.444. The van der Waals surface area contributed by atoms with Gasteiger partial charge in [0.05, 0.1) is 21.3 Å². The van der Waals surface area contributed by atoms with Crippen molar-refractivity contribution in [3.63, 3.8) is 0 Å². The summed E-state index contributed by atoms with van der Waals surface area (Å²) in [6.45, 7) is 6.03. The van der Waals surface area contributed by atoms with E-state index in [9.17, 15) is 18.0 Å². The van der Waals surface area contributed by atoms with E-state index in [0.717, 1.165) is 22.8 Å². The normalized spacial score (nSPS) is 12.9. The highest BCUT2D eigenvalue weighted by atomic mass is 35.5. The fourth-order valence-electron chi connectivity index (χ4n) is 2.43. The first-order valence-corrected chi connectivity index (χ1v) is 9.65. The number of thiazole rings is 1. The van der Waals surface area contributed by atoms with Crippen molar-refractivity contribution in [2.45, 2.75) is 39.4 Å². The number of rotatable bonds is 7. The Morgan fingerprint density at radius 3 is 2.56 bits per heavy atom. The molecule has 1 atom stereocenters. The molecular weight excluding hydrogens is 399 g/mol. The highest BCUT2D eigenvalue weighted by molar-refractivity contribution is 7.09. The Morgan fingerprint density at radius 1 is 1.33 bits per heavy atom. The van der Waals surface area contributed by atoms with Crippen molar-refractivity contribution >= 4 is 34.5 Å². The third-order valence-electron chi connectivity index (χ3n) is 3.86. The van der Waals surface area contributed by atoms with Crippen LogP contribution in [0, 0.1) is 12.8 Å². The highest BCUT2D eigenvalue weighted by Crippen LogP contribution is 2.34. The summed E-state index contributed by atoms with van der Waals surface area (Å²) in [7, 11) is 0. The molecular formula is C18H21ClF3N3OS. The molecule has 2 rings (SSSR count). The molecule has 1 aromatic carbocycles. The first-order chi connectivity index (χ1) is 12.6. The topological polar surface area (TPSA) is 54.0 Å². The molecule has 0 saturated carbocycles. The third kappa shape index (κ3) is 6.10. The maximum atomic E-state index is 12.8. The molecule has 1 heterocycles. The van der Waals surface area contributed by atoms with Gasteiger partial charge in [0, 0.05) is 24.0 Å². The summed E-state index contributed by atoms with van der Waals surface area (Å²) in [6.07, 6.45) is -3.85. The fourth-order valence-corrected chi connectivity index (χ4v) is 3.44. The minimum absolute atomic E-state index is 0.0819. The molecule has 1 amide bonds. The van der Waals surface area contributed by atoms with Gasteiger partial charge in [-0.15, -0.1) is 11.3 Å². The van der Waals surface area contributed by atoms with Crippen molar-refractivity contribution < 1.29 is 18.0 Å². The van der Waals surface area contributed by atoms with E-state index in [1.807, 2.05) is 26.2 Å². The minimum atomic E-state index is -4.47. The van der Waals surface area contributed by atoms with Gasteiger partial charge in [0.25, 0.3) is 0 Å². The number of nitrogens with zero attached hydrogens (tertiary/aromatic N) is 1. The molecule has 2 aromatic rings. The van der Waals surface area contributed by atoms with Crippen LogP contribution in [0.5, 0.6) is 0 Å². The van der Waals surface area contributed by atoms with Crippen LogP contribution in [0.15, 0.2) is 23.6 Å². The van der Waals surface area contributed by atoms with E-state index < -0.39 is 17.8 Å². The lowest BCUT2D eigenvalue weighted by Crippen LogP contribution is -2.43. The second-order valence-corrected chi connectivity index (χ2v) is 7.83. The van der Waals surface area contributed by atoms with E-state index in [4.69, 9.17) is 11.6 Å². The van der Waals surface area contributed by atoms with Gasteiger partial charge in [-0.05, 0) is 31.0 Å². The maximum Gasteiger partial charge on any atom is 0.416 e. The molecule has 0 aliphatic rings.